The topological polar surface area (TPSA) is 60.0 Å². The Morgan fingerprint density at radius 1 is 1.17 bits per heavy atom. The van der Waals surface area contributed by atoms with Gasteiger partial charge in [-0.1, -0.05) is 24.3 Å². The van der Waals surface area contributed by atoms with E-state index >= 15 is 0 Å². The average molecular weight is 338 g/mol. The summed E-state index contributed by atoms with van der Waals surface area (Å²) in [7, 11) is 1.62. The molecule has 5 nitrogen and oxygen atoms in total. The molecular weight excluding hydrogens is 318 g/mol. The standard InChI is InChI=1S/C17H19NO4.ClH/c1-20-14-7-5-12(6-8-14)15(19)10-18-9-13-3-2-4-16-17(13)22-11-21-16;/h2-8,15,18-19H,9-11H2,1H3;1H. The second-order valence-electron chi connectivity index (χ2n) is 5.07. The first-order valence-electron chi connectivity index (χ1n) is 7.18. The Morgan fingerprint density at radius 3 is 2.70 bits per heavy atom. The van der Waals surface area contributed by atoms with E-state index in [0.29, 0.717) is 13.1 Å². The maximum atomic E-state index is 10.2. The molecule has 124 valence electrons. The van der Waals surface area contributed by atoms with Crippen LogP contribution in [0, 0.1) is 0 Å². The Morgan fingerprint density at radius 2 is 1.96 bits per heavy atom. The summed E-state index contributed by atoms with van der Waals surface area (Å²) < 4.78 is 15.9. The van der Waals surface area contributed by atoms with Crippen molar-refractivity contribution in [1.82, 2.24) is 5.32 Å². The number of fused-ring (bicyclic) bond motifs is 1. The first-order chi connectivity index (χ1) is 10.8. The summed E-state index contributed by atoms with van der Waals surface area (Å²) in [5.41, 5.74) is 1.88. The molecule has 2 aromatic carbocycles. The van der Waals surface area contributed by atoms with Gasteiger partial charge in [-0.3, -0.25) is 0 Å². The van der Waals surface area contributed by atoms with Crippen molar-refractivity contribution in [1.29, 1.82) is 0 Å². The fourth-order valence-electron chi connectivity index (χ4n) is 2.42. The number of hydrogen-bond donors (Lipinski definition) is 2. The molecule has 2 N–H and O–H groups in total. The van der Waals surface area contributed by atoms with Crippen molar-refractivity contribution in [3.63, 3.8) is 0 Å². The van der Waals surface area contributed by atoms with E-state index in [0.717, 1.165) is 28.4 Å². The minimum absolute atomic E-state index is 0. The Kier molecular flexibility index (Phi) is 6.10. The highest BCUT2D eigenvalue weighted by molar-refractivity contribution is 5.85. The second-order valence-corrected chi connectivity index (χ2v) is 5.07. The van der Waals surface area contributed by atoms with E-state index in [1.54, 1.807) is 7.11 Å². The minimum atomic E-state index is -0.570. The molecule has 1 aliphatic heterocycles. The van der Waals surface area contributed by atoms with Crippen molar-refractivity contribution in [2.24, 2.45) is 0 Å². The van der Waals surface area contributed by atoms with Gasteiger partial charge in [-0.25, -0.2) is 0 Å². The van der Waals surface area contributed by atoms with E-state index in [9.17, 15) is 5.11 Å². The summed E-state index contributed by atoms with van der Waals surface area (Å²) in [6.45, 7) is 1.33. The van der Waals surface area contributed by atoms with Gasteiger partial charge in [0.2, 0.25) is 6.79 Å². The third-order valence-electron chi connectivity index (χ3n) is 3.63. The van der Waals surface area contributed by atoms with Gasteiger partial charge in [-0.05, 0) is 23.8 Å². The summed E-state index contributed by atoms with van der Waals surface area (Å²) in [6.07, 6.45) is -0.570. The molecule has 1 atom stereocenters. The van der Waals surface area contributed by atoms with Crippen molar-refractivity contribution in [2.45, 2.75) is 12.6 Å². The first-order valence-corrected chi connectivity index (χ1v) is 7.18. The molecule has 1 heterocycles. The number of methoxy groups -OCH3 is 1. The lowest BCUT2D eigenvalue weighted by atomic mass is 10.1. The van der Waals surface area contributed by atoms with Gasteiger partial charge in [-0.2, -0.15) is 0 Å². The Labute approximate surface area is 141 Å². The zero-order valence-corrected chi connectivity index (χ0v) is 13.6. The molecule has 0 saturated heterocycles. The number of benzene rings is 2. The Balaban J connectivity index is 0.00000192. The molecule has 6 heteroatoms. The molecule has 1 unspecified atom stereocenters. The number of nitrogens with one attached hydrogen (secondary N) is 1. The molecule has 0 saturated carbocycles. The monoisotopic (exact) mass is 337 g/mol. The van der Waals surface area contributed by atoms with E-state index in [2.05, 4.69) is 5.32 Å². The van der Waals surface area contributed by atoms with Crippen LogP contribution in [-0.4, -0.2) is 25.6 Å². The van der Waals surface area contributed by atoms with Gasteiger partial charge >= 0.3 is 0 Å². The van der Waals surface area contributed by atoms with Gasteiger partial charge in [0, 0.05) is 18.7 Å². The second kappa shape index (κ2) is 8.06. The molecule has 2 aromatic rings. The maximum Gasteiger partial charge on any atom is 0.231 e. The van der Waals surface area contributed by atoms with Crippen LogP contribution in [0.1, 0.15) is 17.2 Å². The van der Waals surface area contributed by atoms with Crippen LogP contribution in [0.3, 0.4) is 0 Å². The van der Waals surface area contributed by atoms with Crippen LogP contribution in [-0.2, 0) is 6.54 Å². The van der Waals surface area contributed by atoms with Crippen molar-refractivity contribution in [3.8, 4) is 17.2 Å². The maximum absolute atomic E-state index is 10.2. The van der Waals surface area contributed by atoms with E-state index in [1.807, 2.05) is 42.5 Å². The number of hydrogen-bond acceptors (Lipinski definition) is 5. The summed E-state index contributed by atoms with van der Waals surface area (Å²) in [6, 6.07) is 13.2. The van der Waals surface area contributed by atoms with Crippen LogP contribution >= 0.6 is 12.4 Å². The van der Waals surface area contributed by atoms with Gasteiger partial charge in [0.25, 0.3) is 0 Å². The van der Waals surface area contributed by atoms with Crippen LogP contribution < -0.4 is 19.5 Å². The molecule has 0 fully saturated rings. The van der Waals surface area contributed by atoms with E-state index < -0.39 is 6.10 Å². The number of rotatable bonds is 6. The minimum Gasteiger partial charge on any atom is -0.497 e. The van der Waals surface area contributed by atoms with Crippen molar-refractivity contribution in [2.75, 3.05) is 20.4 Å². The van der Waals surface area contributed by atoms with Crippen LogP contribution in [0.5, 0.6) is 17.2 Å². The van der Waals surface area contributed by atoms with Crippen LogP contribution in [0.2, 0.25) is 0 Å². The number of aliphatic hydroxyl groups excluding tert-OH is 1. The van der Waals surface area contributed by atoms with E-state index in [-0.39, 0.29) is 19.2 Å². The molecule has 0 amide bonds. The van der Waals surface area contributed by atoms with Crippen LogP contribution in [0.25, 0.3) is 0 Å². The van der Waals surface area contributed by atoms with Crippen molar-refractivity contribution in [3.05, 3.63) is 53.6 Å². The molecular formula is C17H20ClNO4. The van der Waals surface area contributed by atoms with E-state index in [1.165, 1.54) is 0 Å². The third kappa shape index (κ3) is 4.07. The predicted molar refractivity (Wildman–Crippen MR) is 89.5 cm³/mol. The molecule has 0 radical (unpaired) electrons. The van der Waals surface area contributed by atoms with E-state index in [4.69, 9.17) is 14.2 Å². The normalized spacial score (nSPS) is 13.3. The first kappa shape index (κ1) is 17.4. The average Bonchev–Trinajstić information content (AvgIpc) is 3.04. The van der Waals surface area contributed by atoms with Crippen molar-refractivity contribution < 1.29 is 19.3 Å². The number of ether oxygens (including phenoxy) is 3. The van der Waals surface area contributed by atoms with Gasteiger partial charge in [-0.15, -0.1) is 12.4 Å². The lowest BCUT2D eigenvalue weighted by molar-refractivity contribution is 0.170. The zero-order chi connectivity index (χ0) is 15.4. The van der Waals surface area contributed by atoms with Crippen molar-refractivity contribution >= 4 is 12.4 Å². The lowest BCUT2D eigenvalue weighted by Gasteiger charge is -2.13. The highest BCUT2D eigenvalue weighted by Gasteiger charge is 2.17. The lowest BCUT2D eigenvalue weighted by Crippen LogP contribution is -2.21. The largest absolute Gasteiger partial charge is 0.497 e. The third-order valence-corrected chi connectivity index (χ3v) is 3.63. The number of halogens is 1. The SMILES string of the molecule is COc1ccc(C(O)CNCc2cccc3c2OCO3)cc1.Cl. The van der Waals surface area contributed by atoms with Gasteiger partial charge < -0.3 is 24.6 Å². The Bertz CT molecular complexity index is 633. The highest BCUT2D eigenvalue weighted by atomic mass is 35.5. The van der Waals surface area contributed by atoms with Gasteiger partial charge in [0.1, 0.15) is 5.75 Å². The van der Waals surface area contributed by atoms with Gasteiger partial charge in [0.05, 0.1) is 13.2 Å². The Hall–Kier alpha value is -1.95. The molecule has 1 aliphatic rings. The fraction of sp³-hybridized carbons (Fsp3) is 0.294. The number of aliphatic hydroxyl groups is 1. The zero-order valence-electron chi connectivity index (χ0n) is 12.8. The van der Waals surface area contributed by atoms with Crippen LogP contribution in [0.15, 0.2) is 42.5 Å². The molecule has 0 aromatic heterocycles. The quantitative estimate of drug-likeness (QED) is 0.848. The molecule has 0 aliphatic carbocycles. The summed E-state index contributed by atoms with van der Waals surface area (Å²) >= 11 is 0. The smallest absolute Gasteiger partial charge is 0.231 e. The number of para-hydroxylation sites is 1. The molecule has 3 rings (SSSR count). The van der Waals surface area contributed by atoms with Gasteiger partial charge in [0.15, 0.2) is 11.5 Å². The molecule has 0 spiro atoms. The molecule has 0 bridgehead atoms. The summed E-state index contributed by atoms with van der Waals surface area (Å²) in [4.78, 5) is 0. The highest BCUT2D eigenvalue weighted by Crippen LogP contribution is 2.35. The van der Waals surface area contributed by atoms with Crippen LogP contribution in [0.4, 0.5) is 0 Å². The molecule has 23 heavy (non-hydrogen) atoms. The summed E-state index contributed by atoms with van der Waals surface area (Å²) in [5, 5.41) is 13.4. The predicted octanol–water partition coefficient (Wildman–Crippen LogP) is 2.67. The fourth-order valence-corrected chi connectivity index (χ4v) is 2.42. The summed E-state index contributed by atoms with van der Waals surface area (Å²) in [5.74, 6) is 2.34.